The highest BCUT2D eigenvalue weighted by atomic mass is 16.5. The lowest BCUT2D eigenvalue weighted by molar-refractivity contribution is -0.137. The molecule has 4 rings (SSSR count). The van der Waals surface area contributed by atoms with Gasteiger partial charge in [0.25, 0.3) is 11.8 Å². The second-order valence-corrected chi connectivity index (χ2v) is 8.77. The zero-order valence-corrected chi connectivity index (χ0v) is 18.5. The van der Waals surface area contributed by atoms with Crippen LogP contribution in [0, 0.1) is 11.8 Å². The number of para-hydroxylation sites is 1. The number of amides is 2. The van der Waals surface area contributed by atoms with Crippen LogP contribution in [0.4, 0.5) is 0 Å². The molecular weight excluding hydrogens is 388 g/mol. The molecule has 2 aliphatic heterocycles. The summed E-state index contributed by atoms with van der Waals surface area (Å²) >= 11 is 0. The van der Waals surface area contributed by atoms with E-state index >= 15 is 0 Å². The fraction of sp³-hybridized carbons (Fsp3) is 0.385. The second-order valence-electron chi connectivity index (χ2n) is 8.77. The number of piperidine rings is 1. The minimum atomic E-state index is -0.230. The van der Waals surface area contributed by atoms with Crippen molar-refractivity contribution in [2.45, 2.75) is 26.7 Å². The number of hydrogen-bond donors (Lipinski definition) is 0. The summed E-state index contributed by atoms with van der Waals surface area (Å²) in [6.45, 7) is 6.34. The van der Waals surface area contributed by atoms with Crippen LogP contribution in [0.3, 0.4) is 0 Å². The molecule has 1 fully saturated rings. The number of carbonyl (C=O) groups is 2. The Morgan fingerprint density at radius 1 is 0.903 bits per heavy atom. The summed E-state index contributed by atoms with van der Waals surface area (Å²) in [6.07, 6.45) is 1.77. The SMILES string of the molecule is COc1ccccc1C1=C(N2CC(C)CC(C)C2)C(=O)N(CCc2ccccc2)C1=O. The van der Waals surface area contributed by atoms with Crippen LogP contribution in [0.15, 0.2) is 60.3 Å². The molecule has 0 saturated carbocycles. The first-order chi connectivity index (χ1) is 15.0. The Bertz CT molecular complexity index is 989. The number of methoxy groups -OCH3 is 1. The second kappa shape index (κ2) is 8.96. The van der Waals surface area contributed by atoms with Crippen LogP contribution in [0.2, 0.25) is 0 Å². The number of benzene rings is 2. The van der Waals surface area contributed by atoms with E-state index in [1.807, 2.05) is 54.6 Å². The van der Waals surface area contributed by atoms with Crippen molar-refractivity contribution in [3.8, 4) is 5.75 Å². The lowest BCUT2D eigenvalue weighted by atomic mass is 9.91. The third kappa shape index (κ3) is 4.22. The van der Waals surface area contributed by atoms with Crippen LogP contribution >= 0.6 is 0 Å². The highest BCUT2D eigenvalue weighted by Gasteiger charge is 2.43. The van der Waals surface area contributed by atoms with Gasteiger partial charge in [-0.15, -0.1) is 0 Å². The summed E-state index contributed by atoms with van der Waals surface area (Å²) in [5.74, 6) is 1.13. The summed E-state index contributed by atoms with van der Waals surface area (Å²) in [7, 11) is 1.60. The van der Waals surface area contributed by atoms with Crippen LogP contribution in [0.1, 0.15) is 31.4 Å². The van der Waals surface area contributed by atoms with Crippen molar-refractivity contribution < 1.29 is 14.3 Å². The van der Waals surface area contributed by atoms with Gasteiger partial charge in [-0.2, -0.15) is 0 Å². The number of likely N-dealkylation sites (tertiary alicyclic amines) is 1. The van der Waals surface area contributed by atoms with Gasteiger partial charge in [-0.1, -0.05) is 62.4 Å². The van der Waals surface area contributed by atoms with Crippen LogP contribution < -0.4 is 4.74 Å². The molecule has 31 heavy (non-hydrogen) atoms. The highest BCUT2D eigenvalue weighted by molar-refractivity contribution is 6.36. The predicted octanol–water partition coefficient (Wildman–Crippen LogP) is 4.00. The Morgan fingerprint density at radius 3 is 2.23 bits per heavy atom. The summed E-state index contributed by atoms with van der Waals surface area (Å²) in [6, 6.07) is 17.4. The van der Waals surface area contributed by atoms with E-state index in [1.165, 1.54) is 4.90 Å². The maximum atomic E-state index is 13.6. The Balaban J connectivity index is 1.72. The van der Waals surface area contributed by atoms with Crippen LogP contribution in [0.25, 0.3) is 5.57 Å². The molecule has 5 heteroatoms. The topological polar surface area (TPSA) is 49.9 Å². The molecule has 2 aromatic rings. The summed E-state index contributed by atoms with van der Waals surface area (Å²) in [5.41, 5.74) is 2.79. The van der Waals surface area contributed by atoms with Gasteiger partial charge in [0.05, 0.1) is 12.7 Å². The first kappa shape index (κ1) is 21.2. The number of imide groups is 1. The van der Waals surface area contributed by atoms with E-state index in [9.17, 15) is 9.59 Å². The number of rotatable bonds is 6. The average molecular weight is 419 g/mol. The molecule has 2 atom stereocenters. The molecule has 1 saturated heterocycles. The van der Waals surface area contributed by atoms with Gasteiger partial charge in [-0.05, 0) is 36.3 Å². The number of ether oxygens (including phenoxy) is 1. The van der Waals surface area contributed by atoms with E-state index in [2.05, 4.69) is 18.7 Å². The molecule has 5 nitrogen and oxygen atoms in total. The average Bonchev–Trinajstić information content (AvgIpc) is 3.01. The molecule has 0 bridgehead atoms. The zero-order chi connectivity index (χ0) is 22.0. The van der Waals surface area contributed by atoms with E-state index < -0.39 is 0 Å². The molecule has 2 unspecified atom stereocenters. The van der Waals surface area contributed by atoms with Gasteiger partial charge < -0.3 is 9.64 Å². The minimum absolute atomic E-state index is 0.192. The summed E-state index contributed by atoms with van der Waals surface area (Å²) < 4.78 is 5.55. The largest absolute Gasteiger partial charge is 0.496 e. The van der Waals surface area contributed by atoms with Crippen molar-refractivity contribution in [3.63, 3.8) is 0 Å². The molecule has 2 amide bonds. The van der Waals surface area contributed by atoms with Crippen molar-refractivity contribution >= 4 is 17.4 Å². The van der Waals surface area contributed by atoms with Crippen molar-refractivity contribution in [1.82, 2.24) is 9.80 Å². The Morgan fingerprint density at radius 2 is 1.55 bits per heavy atom. The van der Waals surface area contributed by atoms with E-state index in [0.717, 1.165) is 25.1 Å². The van der Waals surface area contributed by atoms with Gasteiger partial charge in [0, 0.05) is 25.2 Å². The predicted molar refractivity (Wildman–Crippen MR) is 121 cm³/mol. The number of carbonyl (C=O) groups excluding carboxylic acids is 2. The molecule has 2 aromatic carbocycles. The summed E-state index contributed by atoms with van der Waals surface area (Å²) in [4.78, 5) is 30.7. The Labute approximate surface area is 184 Å². The molecule has 162 valence electrons. The molecule has 2 aliphatic rings. The van der Waals surface area contributed by atoms with Gasteiger partial charge in [0.1, 0.15) is 11.4 Å². The minimum Gasteiger partial charge on any atom is -0.496 e. The first-order valence-corrected chi connectivity index (χ1v) is 11.0. The third-order valence-electron chi connectivity index (χ3n) is 6.17. The van der Waals surface area contributed by atoms with E-state index in [-0.39, 0.29) is 11.8 Å². The lowest BCUT2D eigenvalue weighted by Gasteiger charge is -2.37. The van der Waals surface area contributed by atoms with Crippen LogP contribution in [-0.2, 0) is 16.0 Å². The normalized spacial score (nSPS) is 21.8. The van der Waals surface area contributed by atoms with Crippen molar-refractivity contribution in [3.05, 3.63) is 71.4 Å². The zero-order valence-electron chi connectivity index (χ0n) is 18.5. The van der Waals surface area contributed by atoms with Gasteiger partial charge in [0.15, 0.2) is 0 Å². The molecule has 0 N–H and O–H groups in total. The van der Waals surface area contributed by atoms with Crippen molar-refractivity contribution in [2.24, 2.45) is 11.8 Å². The quantitative estimate of drug-likeness (QED) is 0.666. The fourth-order valence-electron chi connectivity index (χ4n) is 4.88. The van der Waals surface area contributed by atoms with Crippen molar-refractivity contribution in [2.75, 3.05) is 26.7 Å². The molecule has 0 aliphatic carbocycles. The fourth-order valence-corrected chi connectivity index (χ4v) is 4.88. The van der Waals surface area contributed by atoms with Gasteiger partial charge in [-0.3, -0.25) is 14.5 Å². The smallest absolute Gasteiger partial charge is 0.277 e. The standard InChI is InChI=1S/C26H30N2O3/c1-18-15-19(2)17-27(16-18)24-23(21-11-7-8-12-22(21)31-3)25(29)28(26(24)30)14-13-20-9-5-4-6-10-20/h4-12,18-19H,13-17H2,1-3H3. The van der Waals surface area contributed by atoms with E-state index in [4.69, 9.17) is 4.74 Å². The van der Waals surface area contributed by atoms with Gasteiger partial charge in [0.2, 0.25) is 0 Å². The molecule has 0 radical (unpaired) electrons. The van der Waals surface area contributed by atoms with Crippen LogP contribution in [0.5, 0.6) is 5.75 Å². The summed E-state index contributed by atoms with van der Waals surface area (Å²) in [5, 5.41) is 0. The molecule has 0 spiro atoms. The molecule has 0 aromatic heterocycles. The Hall–Kier alpha value is -3.08. The van der Waals surface area contributed by atoms with E-state index in [1.54, 1.807) is 7.11 Å². The Kier molecular flexibility index (Phi) is 6.12. The van der Waals surface area contributed by atoms with Gasteiger partial charge in [-0.25, -0.2) is 0 Å². The molecular formula is C26H30N2O3. The number of nitrogens with zero attached hydrogens (tertiary/aromatic N) is 2. The highest BCUT2D eigenvalue weighted by Crippen LogP contribution is 2.38. The third-order valence-corrected chi connectivity index (χ3v) is 6.17. The first-order valence-electron chi connectivity index (χ1n) is 11.0. The van der Waals surface area contributed by atoms with E-state index in [0.29, 0.717) is 47.4 Å². The van der Waals surface area contributed by atoms with Crippen molar-refractivity contribution in [1.29, 1.82) is 0 Å². The van der Waals surface area contributed by atoms with Crippen LogP contribution in [-0.4, -0.2) is 48.4 Å². The van der Waals surface area contributed by atoms with Gasteiger partial charge >= 0.3 is 0 Å². The maximum absolute atomic E-state index is 13.6. The maximum Gasteiger partial charge on any atom is 0.277 e. The number of hydrogen-bond acceptors (Lipinski definition) is 4. The monoisotopic (exact) mass is 418 g/mol. The molecule has 2 heterocycles. The lowest BCUT2D eigenvalue weighted by Crippen LogP contribution is -2.42.